The van der Waals surface area contributed by atoms with Crippen LogP contribution in [0.4, 0.5) is 0 Å². The van der Waals surface area contributed by atoms with Gasteiger partial charge in [-0.15, -0.1) is 0 Å². The molecule has 20 heavy (non-hydrogen) atoms. The Morgan fingerprint density at radius 3 is 2.55 bits per heavy atom. The molecule has 1 aromatic carbocycles. The lowest BCUT2D eigenvalue weighted by atomic mass is 10.1. The summed E-state index contributed by atoms with van der Waals surface area (Å²) in [5.74, 6) is -0.487. The predicted octanol–water partition coefficient (Wildman–Crippen LogP) is 1.48. The molecular weight excluding hydrogens is 260 g/mol. The second kappa shape index (κ2) is 10.1. The molecule has 0 aliphatic rings. The van der Waals surface area contributed by atoms with Crippen molar-refractivity contribution in [3.05, 3.63) is 48.6 Å². The zero-order chi connectivity index (χ0) is 14.6. The third kappa shape index (κ3) is 6.47. The van der Waals surface area contributed by atoms with Crippen molar-refractivity contribution in [2.24, 2.45) is 0 Å². The standard InChI is InChI=1S/C15H20O5/c1-2-15(17)20-14(13-6-4-3-5-7-13)12-19-11-10-18-9-8-16/h2-7,14,16H,1,8-12H2. The quantitative estimate of drug-likeness (QED) is 0.399. The molecule has 0 bridgehead atoms. The van der Waals surface area contributed by atoms with Crippen molar-refractivity contribution in [1.29, 1.82) is 0 Å². The number of esters is 1. The van der Waals surface area contributed by atoms with Gasteiger partial charge in [-0.2, -0.15) is 0 Å². The van der Waals surface area contributed by atoms with Gasteiger partial charge in [0.2, 0.25) is 0 Å². The first-order chi connectivity index (χ1) is 9.77. The fraction of sp³-hybridized carbons (Fsp3) is 0.400. The molecule has 0 heterocycles. The second-order valence-corrected chi connectivity index (χ2v) is 3.95. The van der Waals surface area contributed by atoms with Crippen molar-refractivity contribution in [3.8, 4) is 0 Å². The minimum atomic E-state index is -0.487. The number of ether oxygens (including phenoxy) is 3. The molecule has 0 spiro atoms. The van der Waals surface area contributed by atoms with Crippen molar-refractivity contribution in [2.75, 3.05) is 33.0 Å². The summed E-state index contributed by atoms with van der Waals surface area (Å²) in [5.41, 5.74) is 0.860. The highest BCUT2D eigenvalue weighted by Crippen LogP contribution is 2.17. The van der Waals surface area contributed by atoms with Crippen LogP contribution >= 0.6 is 0 Å². The molecule has 0 amide bonds. The van der Waals surface area contributed by atoms with Crippen molar-refractivity contribution in [2.45, 2.75) is 6.10 Å². The van der Waals surface area contributed by atoms with Crippen LogP contribution in [0, 0.1) is 0 Å². The Bertz CT molecular complexity index is 391. The van der Waals surface area contributed by atoms with E-state index < -0.39 is 12.1 Å². The Morgan fingerprint density at radius 2 is 1.90 bits per heavy atom. The van der Waals surface area contributed by atoms with Crippen molar-refractivity contribution in [3.63, 3.8) is 0 Å². The molecule has 0 aromatic heterocycles. The lowest BCUT2D eigenvalue weighted by Gasteiger charge is -2.17. The van der Waals surface area contributed by atoms with Crippen LogP contribution in [0.5, 0.6) is 0 Å². The van der Waals surface area contributed by atoms with Crippen LogP contribution in [0.15, 0.2) is 43.0 Å². The van der Waals surface area contributed by atoms with Gasteiger partial charge in [-0.1, -0.05) is 36.9 Å². The third-order valence-electron chi connectivity index (χ3n) is 2.47. The smallest absolute Gasteiger partial charge is 0.330 e. The largest absolute Gasteiger partial charge is 0.452 e. The van der Waals surface area contributed by atoms with Crippen LogP contribution in [0.3, 0.4) is 0 Å². The minimum absolute atomic E-state index is 0.0103. The van der Waals surface area contributed by atoms with Crippen LogP contribution in [-0.4, -0.2) is 44.1 Å². The Hall–Kier alpha value is -1.69. The van der Waals surface area contributed by atoms with E-state index in [2.05, 4.69) is 6.58 Å². The maximum Gasteiger partial charge on any atom is 0.330 e. The van der Waals surface area contributed by atoms with Crippen molar-refractivity contribution >= 4 is 5.97 Å². The fourth-order valence-corrected chi connectivity index (χ4v) is 1.53. The SMILES string of the molecule is C=CC(=O)OC(COCCOCCO)c1ccccc1. The number of hydrogen-bond acceptors (Lipinski definition) is 5. The summed E-state index contributed by atoms with van der Waals surface area (Å²) in [4.78, 5) is 11.3. The number of rotatable bonds is 10. The summed E-state index contributed by atoms with van der Waals surface area (Å²) in [5, 5.41) is 8.55. The summed E-state index contributed by atoms with van der Waals surface area (Å²) >= 11 is 0. The number of hydrogen-bond donors (Lipinski definition) is 1. The van der Waals surface area contributed by atoms with Gasteiger partial charge in [0, 0.05) is 6.08 Å². The average Bonchev–Trinajstić information content (AvgIpc) is 2.50. The molecule has 0 saturated heterocycles. The van der Waals surface area contributed by atoms with E-state index in [9.17, 15) is 4.79 Å². The number of aliphatic hydroxyl groups is 1. The summed E-state index contributed by atoms with van der Waals surface area (Å²) in [7, 11) is 0. The molecule has 0 aliphatic carbocycles. The molecule has 1 aromatic rings. The number of carbonyl (C=O) groups excluding carboxylic acids is 1. The van der Waals surface area contributed by atoms with Gasteiger partial charge in [0.05, 0.1) is 33.0 Å². The number of benzene rings is 1. The molecule has 1 rings (SSSR count). The summed E-state index contributed by atoms with van der Waals surface area (Å²) in [6, 6.07) is 9.36. The average molecular weight is 280 g/mol. The van der Waals surface area contributed by atoms with E-state index in [1.54, 1.807) is 0 Å². The fourth-order valence-electron chi connectivity index (χ4n) is 1.53. The lowest BCUT2D eigenvalue weighted by molar-refractivity contribution is -0.147. The van der Waals surface area contributed by atoms with Gasteiger partial charge in [-0.05, 0) is 5.56 Å². The maximum atomic E-state index is 11.3. The van der Waals surface area contributed by atoms with Gasteiger partial charge >= 0.3 is 5.97 Å². The molecule has 1 N–H and O–H groups in total. The summed E-state index contributed by atoms with van der Waals surface area (Å²) < 4.78 is 15.7. The minimum Gasteiger partial charge on any atom is -0.452 e. The van der Waals surface area contributed by atoms with Gasteiger partial charge in [0.15, 0.2) is 6.10 Å². The van der Waals surface area contributed by atoms with Gasteiger partial charge in [-0.3, -0.25) is 0 Å². The highest BCUT2D eigenvalue weighted by atomic mass is 16.6. The van der Waals surface area contributed by atoms with Gasteiger partial charge in [-0.25, -0.2) is 4.79 Å². The Morgan fingerprint density at radius 1 is 1.20 bits per heavy atom. The summed E-state index contributed by atoms with van der Waals surface area (Å²) in [6.07, 6.45) is 0.653. The Labute approximate surface area is 118 Å². The zero-order valence-corrected chi connectivity index (χ0v) is 11.4. The molecule has 0 aliphatic heterocycles. The van der Waals surface area contributed by atoms with Crippen molar-refractivity contribution < 1.29 is 24.1 Å². The predicted molar refractivity (Wildman–Crippen MR) is 74.2 cm³/mol. The van der Waals surface area contributed by atoms with Crippen LogP contribution in [-0.2, 0) is 19.0 Å². The highest BCUT2D eigenvalue weighted by Gasteiger charge is 2.15. The monoisotopic (exact) mass is 280 g/mol. The Kier molecular flexibility index (Phi) is 8.30. The van der Waals surface area contributed by atoms with Gasteiger partial charge in [0.25, 0.3) is 0 Å². The van der Waals surface area contributed by atoms with Crippen LogP contribution in [0.25, 0.3) is 0 Å². The molecule has 0 fully saturated rings. The van der Waals surface area contributed by atoms with E-state index in [1.807, 2.05) is 30.3 Å². The van der Waals surface area contributed by atoms with E-state index >= 15 is 0 Å². The maximum absolute atomic E-state index is 11.3. The molecule has 5 nitrogen and oxygen atoms in total. The van der Waals surface area contributed by atoms with Crippen LogP contribution in [0.2, 0.25) is 0 Å². The molecule has 5 heteroatoms. The molecule has 1 atom stereocenters. The van der Waals surface area contributed by atoms with E-state index in [-0.39, 0.29) is 19.8 Å². The van der Waals surface area contributed by atoms with E-state index in [0.29, 0.717) is 13.2 Å². The molecule has 1 unspecified atom stereocenters. The topological polar surface area (TPSA) is 65.0 Å². The summed E-state index contributed by atoms with van der Waals surface area (Å²) in [6.45, 7) is 4.66. The molecule has 0 saturated carbocycles. The van der Waals surface area contributed by atoms with Crippen molar-refractivity contribution in [1.82, 2.24) is 0 Å². The first-order valence-corrected chi connectivity index (χ1v) is 6.42. The first kappa shape index (κ1) is 16.4. The van der Waals surface area contributed by atoms with E-state index in [0.717, 1.165) is 11.6 Å². The Balaban J connectivity index is 2.43. The molecule has 110 valence electrons. The van der Waals surface area contributed by atoms with Crippen LogP contribution < -0.4 is 0 Å². The second-order valence-electron chi connectivity index (χ2n) is 3.95. The number of carbonyl (C=O) groups is 1. The van der Waals surface area contributed by atoms with Gasteiger partial charge < -0.3 is 19.3 Å². The van der Waals surface area contributed by atoms with E-state index in [4.69, 9.17) is 19.3 Å². The third-order valence-corrected chi connectivity index (χ3v) is 2.47. The normalized spacial score (nSPS) is 11.8. The van der Waals surface area contributed by atoms with E-state index in [1.165, 1.54) is 0 Å². The zero-order valence-electron chi connectivity index (χ0n) is 11.4. The lowest BCUT2D eigenvalue weighted by Crippen LogP contribution is -2.17. The van der Waals surface area contributed by atoms with Crippen LogP contribution in [0.1, 0.15) is 11.7 Å². The number of aliphatic hydroxyl groups excluding tert-OH is 1. The first-order valence-electron chi connectivity index (χ1n) is 6.42. The molecular formula is C15H20O5. The molecule has 0 radical (unpaired) electrons. The highest BCUT2D eigenvalue weighted by molar-refractivity contribution is 5.81. The van der Waals surface area contributed by atoms with Gasteiger partial charge in [0.1, 0.15) is 0 Å².